The zero-order valence-corrected chi connectivity index (χ0v) is 16.4. The fraction of sp³-hybridized carbons (Fsp3) is 0.222. The molecule has 0 radical (unpaired) electrons. The number of anilines is 1. The largest absolute Gasteiger partial charge is 0.377 e. The van der Waals surface area contributed by atoms with Gasteiger partial charge in [0.15, 0.2) is 5.82 Å². The summed E-state index contributed by atoms with van der Waals surface area (Å²) in [6.07, 6.45) is 0. The van der Waals surface area contributed by atoms with Gasteiger partial charge in [-0.2, -0.15) is 17.6 Å². The van der Waals surface area contributed by atoms with Crippen molar-refractivity contribution in [3.8, 4) is 0 Å². The maximum Gasteiger partial charge on any atom is 0.244 e. The Balaban J connectivity index is 1.71. The van der Waals surface area contributed by atoms with E-state index in [2.05, 4.69) is 10.1 Å². The van der Waals surface area contributed by atoms with Gasteiger partial charge in [0.25, 0.3) is 0 Å². The quantitative estimate of drug-likeness (QED) is 0.467. The number of thioether (sulfide) groups is 1. The molecule has 0 bridgehead atoms. The number of rotatable bonds is 6. The highest BCUT2D eigenvalue weighted by molar-refractivity contribution is 7.98. The van der Waals surface area contributed by atoms with E-state index in [9.17, 15) is 0 Å². The molecular weight excluding hydrogens is 374 g/mol. The van der Waals surface area contributed by atoms with Crippen molar-refractivity contribution >= 4 is 41.7 Å². The molecule has 1 unspecified atom stereocenters. The van der Waals surface area contributed by atoms with Crippen LogP contribution in [0, 0.1) is 0 Å². The molecule has 1 atom stereocenters. The number of thiol groups is 1. The van der Waals surface area contributed by atoms with Crippen LogP contribution in [0.2, 0.25) is 5.02 Å². The second-order valence-electron chi connectivity index (χ2n) is 5.65. The zero-order chi connectivity index (χ0) is 17.8. The summed E-state index contributed by atoms with van der Waals surface area (Å²) in [7, 11) is 4.00. The van der Waals surface area contributed by atoms with E-state index in [1.807, 2.05) is 67.5 Å². The van der Waals surface area contributed by atoms with Crippen molar-refractivity contribution in [2.24, 2.45) is 0 Å². The van der Waals surface area contributed by atoms with Crippen LogP contribution in [0.1, 0.15) is 22.5 Å². The first-order chi connectivity index (χ1) is 12.0. The van der Waals surface area contributed by atoms with Gasteiger partial charge in [-0.1, -0.05) is 35.0 Å². The maximum absolute atomic E-state index is 5.90. The van der Waals surface area contributed by atoms with E-state index in [-0.39, 0.29) is 5.25 Å². The lowest BCUT2D eigenvalue weighted by atomic mass is 10.1. The molecule has 0 aliphatic heterocycles. The third kappa shape index (κ3) is 4.51. The third-order valence-corrected chi connectivity index (χ3v) is 5.37. The Morgan fingerprint density at radius 3 is 2.60 bits per heavy atom. The van der Waals surface area contributed by atoms with Crippen molar-refractivity contribution in [2.75, 3.05) is 19.0 Å². The van der Waals surface area contributed by atoms with Crippen LogP contribution in [0.3, 0.4) is 0 Å². The van der Waals surface area contributed by atoms with Gasteiger partial charge in [0.05, 0.1) is 5.75 Å². The van der Waals surface area contributed by atoms with Crippen LogP contribution < -0.4 is 4.90 Å². The Hall–Kier alpha value is -1.63. The molecule has 1 aromatic heterocycles. The van der Waals surface area contributed by atoms with Crippen LogP contribution in [0.25, 0.3) is 0 Å². The van der Waals surface area contributed by atoms with E-state index in [0.717, 1.165) is 21.2 Å². The number of benzene rings is 2. The summed E-state index contributed by atoms with van der Waals surface area (Å²) in [4.78, 5) is 7.66. The minimum absolute atomic E-state index is 0.264. The molecular formula is C18H18ClN3OS2. The normalized spacial score (nSPS) is 12.2. The fourth-order valence-corrected chi connectivity index (χ4v) is 3.57. The molecule has 0 saturated carbocycles. The van der Waals surface area contributed by atoms with Crippen molar-refractivity contribution in [2.45, 2.75) is 15.9 Å². The van der Waals surface area contributed by atoms with E-state index < -0.39 is 0 Å². The van der Waals surface area contributed by atoms with Gasteiger partial charge in [-0.05, 0) is 35.9 Å². The molecule has 130 valence electrons. The average Bonchev–Trinajstić information content (AvgIpc) is 3.09. The lowest BCUT2D eigenvalue weighted by Crippen LogP contribution is -2.12. The van der Waals surface area contributed by atoms with Crippen molar-refractivity contribution < 1.29 is 4.52 Å². The van der Waals surface area contributed by atoms with Crippen LogP contribution in [0.15, 0.2) is 57.9 Å². The van der Waals surface area contributed by atoms with Gasteiger partial charge in [-0.15, -0.1) is 11.8 Å². The molecule has 25 heavy (non-hydrogen) atoms. The number of hydrogen-bond acceptors (Lipinski definition) is 6. The summed E-state index contributed by atoms with van der Waals surface area (Å²) >= 11 is 12.2. The summed E-state index contributed by atoms with van der Waals surface area (Å²) in [5.74, 6) is 1.78. The first-order valence-electron chi connectivity index (χ1n) is 7.70. The van der Waals surface area contributed by atoms with E-state index >= 15 is 0 Å². The SMILES string of the molecule is CN(C)c1ccccc1C(S)c1nc(CSc2ccc(Cl)cc2)no1. The number of halogens is 1. The predicted molar refractivity (Wildman–Crippen MR) is 107 cm³/mol. The molecule has 7 heteroatoms. The monoisotopic (exact) mass is 391 g/mol. The molecule has 0 fully saturated rings. The van der Waals surface area contributed by atoms with E-state index in [1.54, 1.807) is 11.8 Å². The molecule has 0 spiro atoms. The molecule has 2 aromatic carbocycles. The van der Waals surface area contributed by atoms with Crippen LogP contribution in [0.4, 0.5) is 5.69 Å². The van der Waals surface area contributed by atoms with Gasteiger partial charge in [-0.3, -0.25) is 0 Å². The Bertz CT molecular complexity index is 836. The summed E-state index contributed by atoms with van der Waals surface area (Å²) in [5.41, 5.74) is 2.12. The summed E-state index contributed by atoms with van der Waals surface area (Å²) in [6, 6.07) is 15.7. The highest BCUT2D eigenvalue weighted by Crippen LogP contribution is 2.34. The summed E-state index contributed by atoms with van der Waals surface area (Å²) < 4.78 is 5.43. The van der Waals surface area contributed by atoms with Crippen molar-refractivity contribution in [3.63, 3.8) is 0 Å². The lowest BCUT2D eigenvalue weighted by Gasteiger charge is -2.19. The van der Waals surface area contributed by atoms with Crippen molar-refractivity contribution in [3.05, 3.63) is 70.8 Å². The molecule has 0 amide bonds. The van der Waals surface area contributed by atoms with E-state index in [4.69, 9.17) is 28.8 Å². The maximum atomic E-state index is 5.90. The summed E-state index contributed by atoms with van der Waals surface area (Å²) in [5, 5.41) is 4.54. The number of aromatic nitrogens is 2. The fourth-order valence-electron chi connectivity index (χ4n) is 2.37. The van der Waals surface area contributed by atoms with Crippen LogP contribution >= 0.6 is 36.0 Å². The van der Waals surface area contributed by atoms with E-state index in [0.29, 0.717) is 17.5 Å². The van der Waals surface area contributed by atoms with Crippen LogP contribution in [-0.2, 0) is 5.75 Å². The van der Waals surface area contributed by atoms with Crippen LogP contribution in [0.5, 0.6) is 0 Å². The van der Waals surface area contributed by atoms with Crippen molar-refractivity contribution in [1.29, 1.82) is 0 Å². The molecule has 4 nitrogen and oxygen atoms in total. The second-order valence-corrected chi connectivity index (χ2v) is 7.65. The van der Waals surface area contributed by atoms with Gasteiger partial charge in [0, 0.05) is 29.7 Å². The molecule has 0 saturated heterocycles. The Morgan fingerprint density at radius 2 is 1.88 bits per heavy atom. The molecule has 1 heterocycles. The standard InChI is InChI=1S/C18H18ClN3OS2/c1-22(2)15-6-4-3-5-14(15)17(24)18-20-16(21-23-18)11-25-13-9-7-12(19)8-10-13/h3-10,17,24H,11H2,1-2H3. The minimum Gasteiger partial charge on any atom is -0.377 e. The number of para-hydroxylation sites is 1. The molecule has 0 aliphatic rings. The second kappa shape index (κ2) is 8.17. The molecule has 0 aliphatic carbocycles. The Labute approximate surface area is 162 Å². The number of nitrogens with zero attached hydrogens (tertiary/aromatic N) is 3. The highest BCUT2D eigenvalue weighted by atomic mass is 35.5. The molecule has 3 aromatic rings. The van der Waals surface area contributed by atoms with Gasteiger partial charge >= 0.3 is 0 Å². The lowest BCUT2D eigenvalue weighted by molar-refractivity contribution is 0.379. The zero-order valence-electron chi connectivity index (χ0n) is 13.9. The van der Waals surface area contributed by atoms with Gasteiger partial charge in [0.1, 0.15) is 5.25 Å². The van der Waals surface area contributed by atoms with E-state index in [1.165, 1.54) is 0 Å². The Morgan fingerprint density at radius 1 is 1.16 bits per heavy atom. The Kier molecular flexibility index (Phi) is 5.93. The summed E-state index contributed by atoms with van der Waals surface area (Å²) in [6.45, 7) is 0. The van der Waals surface area contributed by atoms with Gasteiger partial charge in [-0.25, -0.2) is 0 Å². The molecule has 0 N–H and O–H groups in total. The topological polar surface area (TPSA) is 42.2 Å². The first kappa shape index (κ1) is 18.2. The highest BCUT2D eigenvalue weighted by Gasteiger charge is 2.20. The third-order valence-electron chi connectivity index (χ3n) is 3.61. The van der Waals surface area contributed by atoms with Gasteiger partial charge < -0.3 is 9.42 Å². The number of hydrogen-bond donors (Lipinski definition) is 1. The van der Waals surface area contributed by atoms with Crippen molar-refractivity contribution in [1.82, 2.24) is 10.1 Å². The van der Waals surface area contributed by atoms with Crippen LogP contribution in [-0.4, -0.2) is 24.2 Å². The smallest absolute Gasteiger partial charge is 0.244 e. The predicted octanol–water partition coefficient (Wildman–Crippen LogP) is 5.10. The first-order valence-corrected chi connectivity index (χ1v) is 9.58. The van der Waals surface area contributed by atoms with Gasteiger partial charge in [0.2, 0.25) is 5.89 Å². The average molecular weight is 392 g/mol. The minimum atomic E-state index is -0.264. The molecule has 3 rings (SSSR count).